The van der Waals surface area contributed by atoms with E-state index in [0.717, 1.165) is 32.5 Å². The van der Waals surface area contributed by atoms with Gasteiger partial charge in [-0.15, -0.1) is 0 Å². The third-order valence-corrected chi connectivity index (χ3v) is 6.41. The number of hydrogen-bond donors (Lipinski definition) is 0. The molecule has 0 aromatic heterocycles. The number of unbranched alkanes of at least 4 members (excludes halogenated alkanes) is 5. The Labute approximate surface area is 176 Å². The van der Waals surface area contributed by atoms with Crippen molar-refractivity contribution in [2.75, 3.05) is 19.6 Å². The molecule has 0 aliphatic carbocycles. The minimum Gasteiger partial charge on any atom is -0.373 e. The molecule has 1 aromatic carbocycles. The molecule has 29 heavy (non-hydrogen) atoms. The third-order valence-electron chi connectivity index (χ3n) is 5.15. The highest BCUT2D eigenvalue weighted by atomic mass is 28.2. The van der Waals surface area contributed by atoms with Crippen molar-refractivity contribution >= 4 is 14.7 Å². The van der Waals surface area contributed by atoms with Crippen LogP contribution in [0.2, 0.25) is 6.04 Å². The van der Waals surface area contributed by atoms with E-state index in [4.69, 9.17) is 4.74 Å². The Morgan fingerprint density at radius 2 is 1.66 bits per heavy atom. The lowest BCUT2D eigenvalue weighted by Gasteiger charge is -2.35. The van der Waals surface area contributed by atoms with Crippen LogP contribution in [-0.4, -0.2) is 46.3 Å². The van der Waals surface area contributed by atoms with Crippen LogP contribution < -0.4 is 5.19 Å². The molecule has 6 heteroatoms. The smallest absolute Gasteiger partial charge is 0.373 e. The van der Waals surface area contributed by atoms with E-state index in [9.17, 15) is 13.2 Å². The average Bonchev–Trinajstić information content (AvgIpc) is 2.65. The normalized spacial score (nSPS) is 21.1. The number of hydrogen-bond acceptors (Lipinski definition) is 2. The Morgan fingerprint density at radius 1 is 1.00 bits per heavy atom. The van der Waals surface area contributed by atoms with Gasteiger partial charge in [-0.3, -0.25) is 4.90 Å². The van der Waals surface area contributed by atoms with Gasteiger partial charge < -0.3 is 4.74 Å². The van der Waals surface area contributed by atoms with Gasteiger partial charge in [0.25, 0.3) is 0 Å². The zero-order valence-electron chi connectivity index (χ0n) is 17.7. The van der Waals surface area contributed by atoms with E-state index in [2.05, 4.69) is 24.8 Å². The Bertz CT molecular complexity index is 610. The number of halogens is 3. The van der Waals surface area contributed by atoms with Gasteiger partial charge in [-0.05, 0) is 45.7 Å². The van der Waals surface area contributed by atoms with E-state index in [1.165, 1.54) is 37.8 Å². The highest BCUT2D eigenvalue weighted by molar-refractivity contribution is 6.54. The molecule has 0 N–H and O–H groups in total. The van der Waals surface area contributed by atoms with Crippen molar-refractivity contribution in [2.24, 2.45) is 0 Å². The first-order valence-electron chi connectivity index (χ1n) is 10.8. The fourth-order valence-corrected chi connectivity index (χ4v) is 4.98. The second-order valence-corrected chi connectivity index (χ2v) is 9.27. The lowest BCUT2D eigenvalue weighted by Crippen LogP contribution is -2.45. The van der Waals surface area contributed by atoms with Crippen LogP contribution in [0.4, 0.5) is 13.2 Å². The van der Waals surface area contributed by atoms with Gasteiger partial charge in [0.1, 0.15) is 0 Å². The molecule has 0 bridgehead atoms. The minimum atomic E-state index is -4.26. The van der Waals surface area contributed by atoms with Crippen LogP contribution in [0.3, 0.4) is 0 Å². The molecular weight excluding hydrogens is 391 g/mol. The average molecular weight is 426 g/mol. The highest BCUT2D eigenvalue weighted by Gasteiger charge is 2.32. The number of alkyl halides is 3. The number of nitrogens with zero attached hydrogens (tertiary/aromatic N) is 1. The summed E-state index contributed by atoms with van der Waals surface area (Å²) in [6.45, 7) is 7.54. The molecule has 2 unspecified atom stereocenters. The van der Waals surface area contributed by atoms with Gasteiger partial charge in [0.15, 0.2) is 0 Å². The predicted octanol–water partition coefficient (Wildman–Crippen LogP) is 5.46. The molecule has 1 saturated heterocycles. The van der Waals surface area contributed by atoms with Gasteiger partial charge in [-0.25, -0.2) is 0 Å². The second-order valence-electron chi connectivity index (χ2n) is 7.97. The molecule has 0 amide bonds. The molecule has 2 radical (unpaired) electrons. The fraction of sp³-hybridized carbons (Fsp3) is 0.652. The number of allylic oxidation sites excluding steroid dienone is 2. The van der Waals surface area contributed by atoms with Crippen LogP contribution in [0.1, 0.15) is 57.9 Å². The Hall–Kier alpha value is -1.11. The second kappa shape index (κ2) is 12.6. The first-order chi connectivity index (χ1) is 13.9. The summed E-state index contributed by atoms with van der Waals surface area (Å²) in [5, 5.41) is 0.411. The van der Waals surface area contributed by atoms with Crippen molar-refractivity contribution in [2.45, 2.75) is 76.8 Å². The lowest BCUT2D eigenvalue weighted by atomic mass is 10.1. The third kappa shape index (κ3) is 9.49. The molecule has 0 spiro atoms. The standard InChI is InChI=1S/C23H34F3NOSi/c1-19-17-27(18-20(2)28-19)15-11-7-5-3-4-6-8-12-16-29-22-14-10-9-13-21(22)23(24,25)26/h8-10,12-14,19-20H,3-7,11,15-18H2,1-2H3. The minimum absolute atomic E-state index is 0.167. The Kier molecular flexibility index (Phi) is 10.5. The van der Waals surface area contributed by atoms with Crippen molar-refractivity contribution in [1.29, 1.82) is 0 Å². The zero-order valence-corrected chi connectivity index (χ0v) is 18.7. The van der Waals surface area contributed by atoms with E-state index in [-0.39, 0.29) is 9.52 Å². The molecule has 162 valence electrons. The molecule has 1 aromatic rings. The van der Waals surface area contributed by atoms with Crippen molar-refractivity contribution in [3.63, 3.8) is 0 Å². The topological polar surface area (TPSA) is 12.5 Å². The molecule has 1 fully saturated rings. The van der Waals surface area contributed by atoms with Crippen molar-refractivity contribution in [1.82, 2.24) is 4.90 Å². The monoisotopic (exact) mass is 425 g/mol. The van der Waals surface area contributed by atoms with Crippen molar-refractivity contribution < 1.29 is 17.9 Å². The van der Waals surface area contributed by atoms with E-state index >= 15 is 0 Å². The first-order valence-corrected chi connectivity index (χ1v) is 12.0. The largest absolute Gasteiger partial charge is 0.416 e. The molecular formula is C23H34F3NOSi. The van der Waals surface area contributed by atoms with Crippen LogP contribution >= 0.6 is 0 Å². The van der Waals surface area contributed by atoms with Crippen LogP contribution in [0, 0.1) is 0 Å². The Balaban J connectivity index is 1.49. The molecule has 1 aliphatic rings. The molecule has 2 atom stereocenters. The maximum atomic E-state index is 13.0. The molecule has 1 heterocycles. The number of benzene rings is 1. The van der Waals surface area contributed by atoms with Crippen LogP contribution in [0.25, 0.3) is 0 Å². The number of ether oxygens (including phenoxy) is 1. The summed E-state index contributed by atoms with van der Waals surface area (Å²) < 4.78 is 44.7. The van der Waals surface area contributed by atoms with Gasteiger partial charge in [0.05, 0.1) is 27.3 Å². The number of rotatable bonds is 11. The van der Waals surface area contributed by atoms with Crippen LogP contribution in [0.5, 0.6) is 0 Å². The van der Waals surface area contributed by atoms with Gasteiger partial charge in [0.2, 0.25) is 0 Å². The summed E-state index contributed by atoms with van der Waals surface area (Å²) in [4.78, 5) is 2.51. The number of morpholine rings is 1. The quantitative estimate of drug-likeness (QED) is 0.265. The fourth-order valence-electron chi connectivity index (χ4n) is 3.85. The summed E-state index contributed by atoms with van der Waals surface area (Å²) in [5.41, 5.74) is -0.493. The highest BCUT2D eigenvalue weighted by Crippen LogP contribution is 2.27. The van der Waals surface area contributed by atoms with E-state index in [0.29, 0.717) is 23.4 Å². The SMILES string of the molecule is CC1CN(CCCCCCCC=CC[Si]c2ccccc2C(F)(F)F)CC(C)O1. The van der Waals surface area contributed by atoms with Gasteiger partial charge in [-0.2, -0.15) is 13.2 Å². The Morgan fingerprint density at radius 3 is 2.38 bits per heavy atom. The first kappa shape index (κ1) is 24.2. The zero-order chi connectivity index (χ0) is 21.1. The van der Waals surface area contributed by atoms with E-state index in [1.54, 1.807) is 12.1 Å². The maximum absolute atomic E-state index is 13.0. The summed E-state index contributed by atoms with van der Waals surface area (Å²) in [6, 6.07) is 6.58. The van der Waals surface area contributed by atoms with E-state index < -0.39 is 11.7 Å². The van der Waals surface area contributed by atoms with Gasteiger partial charge in [-0.1, -0.05) is 60.9 Å². The van der Waals surface area contributed by atoms with Gasteiger partial charge >= 0.3 is 6.18 Å². The van der Waals surface area contributed by atoms with Crippen molar-refractivity contribution in [3.05, 3.63) is 42.0 Å². The van der Waals surface area contributed by atoms with E-state index in [1.807, 2.05) is 6.08 Å². The summed E-state index contributed by atoms with van der Waals surface area (Å²) in [7, 11) is 0.167. The van der Waals surface area contributed by atoms with Crippen LogP contribution in [0.15, 0.2) is 36.4 Å². The maximum Gasteiger partial charge on any atom is 0.416 e. The lowest BCUT2D eigenvalue weighted by molar-refractivity contribution is -0.136. The van der Waals surface area contributed by atoms with Crippen LogP contribution in [-0.2, 0) is 10.9 Å². The molecule has 0 saturated carbocycles. The summed E-state index contributed by atoms with van der Waals surface area (Å²) in [5.74, 6) is 0. The predicted molar refractivity (Wildman–Crippen MR) is 115 cm³/mol. The summed E-state index contributed by atoms with van der Waals surface area (Å²) >= 11 is 0. The van der Waals surface area contributed by atoms with Crippen molar-refractivity contribution in [3.8, 4) is 0 Å². The summed E-state index contributed by atoms with van der Waals surface area (Å²) in [6.07, 6.45) is 7.74. The van der Waals surface area contributed by atoms with Gasteiger partial charge in [0, 0.05) is 13.1 Å². The molecule has 1 aliphatic heterocycles. The molecule has 2 nitrogen and oxygen atoms in total. The molecule has 2 rings (SSSR count).